The van der Waals surface area contributed by atoms with Gasteiger partial charge < -0.3 is 10.6 Å². The van der Waals surface area contributed by atoms with Crippen LogP contribution in [0.1, 0.15) is 16.6 Å². The average Bonchev–Trinajstić information content (AvgIpc) is 2.79. The molecule has 0 spiro atoms. The molecule has 0 aliphatic carbocycles. The molecular weight excluding hydrogens is 267 g/mol. The number of nitrogens with one attached hydrogen (secondary N) is 2. The largest absolute Gasteiger partial charge is 0.355 e. The minimum atomic E-state index is -0.328. The number of fused-ring (bicyclic) bond motifs is 1. The molecule has 0 unspecified atom stereocenters. The lowest BCUT2D eigenvalue weighted by Crippen LogP contribution is -2.33. The van der Waals surface area contributed by atoms with Gasteiger partial charge in [0, 0.05) is 30.1 Å². The van der Waals surface area contributed by atoms with Gasteiger partial charge in [-0.25, -0.2) is 4.39 Å². The van der Waals surface area contributed by atoms with Crippen molar-refractivity contribution in [2.75, 3.05) is 13.1 Å². The number of rotatable bonds is 4. The molecule has 0 bridgehead atoms. The number of hydrogen-bond donors (Lipinski definition) is 2. The van der Waals surface area contributed by atoms with Crippen LogP contribution in [0.2, 0.25) is 0 Å². The first-order valence-electron chi connectivity index (χ1n) is 5.78. The molecule has 2 amide bonds. The highest BCUT2D eigenvalue weighted by atomic mass is 32.1. The summed E-state index contributed by atoms with van der Waals surface area (Å²) in [6, 6.07) is 6.31. The molecule has 0 saturated heterocycles. The molecule has 100 valence electrons. The van der Waals surface area contributed by atoms with E-state index in [0.717, 1.165) is 4.70 Å². The second-order valence-electron chi connectivity index (χ2n) is 4.00. The van der Waals surface area contributed by atoms with E-state index in [1.807, 2.05) is 0 Å². The van der Waals surface area contributed by atoms with E-state index in [-0.39, 0.29) is 17.6 Å². The Morgan fingerprint density at radius 1 is 1.26 bits per heavy atom. The molecule has 2 aromatic rings. The fourth-order valence-electron chi connectivity index (χ4n) is 1.64. The summed E-state index contributed by atoms with van der Waals surface area (Å²) in [5, 5.41) is 5.70. The average molecular weight is 280 g/mol. The maximum Gasteiger partial charge on any atom is 0.261 e. The molecule has 6 heteroatoms. The number of hydrogen-bond acceptors (Lipinski definition) is 3. The highest BCUT2D eigenvalue weighted by Gasteiger charge is 2.11. The monoisotopic (exact) mass is 280 g/mol. The molecule has 19 heavy (non-hydrogen) atoms. The molecule has 0 aliphatic rings. The first-order valence-corrected chi connectivity index (χ1v) is 6.60. The van der Waals surface area contributed by atoms with Crippen LogP contribution in [-0.4, -0.2) is 24.9 Å². The second-order valence-corrected chi connectivity index (χ2v) is 5.08. The van der Waals surface area contributed by atoms with Crippen LogP contribution in [0, 0.1) is 5.82 Å². The van der Waals surface area contributed by atoms with E-state index in [1.54, 1.807) is 18.2 Å². The Labute approximate surface area is 113 Å². The number of halogens is 1. The van der Waals surface area contributed by atoms with E-state index in [2.05, 4.69) is 10.6 Å². The first-order chi connectivity index (χ1) is 9.08. The van der Waals surface area contributed by atoms with Gasteiger partial charge in [-0.05, 0) is 18.2 Å². The van der Waals surface area contributed by atoms with E-state index < -0.39 is 0 Å². The topological polar surface area (TPSA) is 58.2 Å². The van der Waals surface area contributed by atoms with E-state index >= 15 is 0 Å². The lowest BCUT2D eigenvalue weighted by atomic mass is 10.2. The van der Waals surface area contributed by atoms with Crippen molar-refractivity contribution in [1.82, 2.24) is 10.6 Å². The quantitative estimate of drug-likeness (QED) is 0.840. The zero-order valence-electron chi connectivity index (χ0n) is 10.3. The summed E-state index contributed by atoms with van der Waals surface area (Å²) in [5.41, 5.74) is 0. The minimum Gasteiger partial charge on any atom is -0.355 e. The van der Waals surface area contributed by atoms with Crippen molar-refractivity contribution in [3.05, 3.63) is 35.0 Å². The van der Waals surface area contributed by atoms with Crippen LogP contribution < -0.4 is 10.6 Å². The number of carbonyl (C=O) groups is 2. The summed E-state index contributed by atoms with van der Waals surface area (Å²) in [6.07, 6.45) is 0. The van der Waals surface area contributed by atoms with Crippen LogP contribution in [0.25, 0.3) is 10.1 Å². The smallest absolute Gasteiger partial charge is 0.261 e. The maximum atomic E-state index is 13.5. The molecule has 0 fully saturated rings. The Kier molecular flexibility index (Phi) is 4.11. The van der Waals surface area contributed by atoms with Crippen molar-refractivity contribution in [1.29, 1.82) is 0 Å². The van der Waals surface area contributed by atoms with Gasteiger partial charge in [0.25, 0.3) is 5.91 Å². The molecular formula is C13H13FN2O2S. The van der Waals surface area contributed by atoms with Gasteiger partial charge in [0.05, 0.1) is 4.88 Å². The third-order valence-corrected chi connectivity index (χ3v) is 3.62. The fourth-order valence-corrected chi connectivity index (χ4v) is 2.63. The first kappa shape index (κ1) is 13.5. The van der Waals surface area contributed by atoms with Gasteiger partial charge >= 0.3 is 0 Å². The molecule has 2 rings (SSSR count). The fraction of sp³-hybridized carbons (Fsp3) is 0.231. The van der Waals surface area contributed by atoms with Crippen LogP contribution in [0.3, 0.4) is 0 Å². The van der Waals surface area contributed by atoms with Gasteiger partial charge in [-0.15, -0.1) is 11.3 Å². The van der Waals surface area contributed by atoms with Crippen molar-refractivity contribution in [2.24, 2.45) is 0 Å². The van der Waals surface area contributed by atoms with Gasteiger partial charge in [-0.2, -0.15) is 0 Å². The van der Waals surface area contributed by atoms with Crippen LogP contribution in [-0.2, 0) is 4.79 Å². The molecule has 0 atom stereocenters. The van der Waals surface area contributed by atoms with Gasteiger partial charge in [0.2, 0.25) is 5.91 Å². The van der Waals surface area contributed by atoms with Crippen molar-refractivity contribution >= 4 is 33.2 Å². The van der Waals surface area contributed by atoms with E-state index in [1.165, 1.54) is 24.3 Å². The SMILES string of the molecule is CC(=O)NCCNC(=O)c1cc2c(F)cccc2s1. The lowest BCUT2D eigenvalue weighted by molar-refractivity contribution is -0.118. The van der Waals surface area contributed by atoms with Crippen LogP contribution in [0.15, 0.2) is 24.3 Å². The number of amides is 2. The molecule has 4 nitrogen and oxygen atoms in total. The Bertz CT molecular complexity index is 624. The summed E-state index contributed by atoms with van der Waals surface area (Å²) in [5.74, 6) is -0.727. The van der Waals surface area contributed by atoms with Crippen molar-refractivity contribution in [3.63, 3.8) is 0 Å². The highest BCUT2D eigenvalue weighted by molar-refractivity contribution is 7.20. The molecule has 1 heterocycles. The molecule has 0 saturated carbocycles. The zero-order valence-corrected chi connectivity index (χ0v) is 11.1. The lowest BCUT2D eigenvalue weighted by Gasteiger charge is -2.03. The molecule has 2 N–H and O–H groups in total. The summed E-state index contributed by atoms with van der Waals surface area (Å²) in [7, 11) is 0. The molecule has 1 aromatic carbocycles. The predicted octanol–water partition coefficient (Wildman–Crippen LogP) is 1.91. The van der Waals surface area contributed by atoms with Crippen LogP contribution in [0.5, 0.6) is 0 Å². The van der Waals surface area contributed by atoms with Crippen molar-refractivity contribution < 1.29 is 14.0 Å². The molecule has 1 aromatic heterocycles. The Hall–Kier alpha value is -1.95. The Morgan fingerprint density at radius 3 is 2.68 bits per heavy atom. The maximum absolute atomic E-state index is 13.5. The third-order valence-electron chi connectivity index (χ3n) is 2.52. The van der Waals surface area contributed by atoms with Gasteiger partial charge in [0.15, 0.2) is 0 Å². The predicted molar refractivity (Wildman–Crippen MR) is 72.8 cm³/mol. The summed E-state index contributed by atoms with van der Waals surface area (Å²) < 4.78 is 14.2. The highest BCUT2D eigenvalue weighted by Crippen LogP contribution is 2.27. The number of benzene rings is 1. The molecule has 0 aliphatic heterocycles. The van der Waals surface area contributed by atoms with Crippen molar-refractivity contribution in [3.8, 4) is 0 Å². The van der Waals surface area contributed by atoms with Gasteiger partial charge in [0.1, 0.15) is 5.82 Å². The van der Waals surface area contributed by atoms with Gasteiger partial charge in [-0.1, -0.05) is 6.07 Å². The molecule has 0 radical (unpaired) electrons. The van der Waals surface area contributed by atoms with E-state index in [4.69, 9.17) is 0 Å². The second kappa shape index (κ2) is 5.79. The summed E-state index contributed by atoms with van der Waals surface area (Å²) in [6.45, 7) is 2.13. The van der Waals surface area contributed by atoms with E-state index in [0.29, 0.717) is 23.4 Å². The summed E-state index contributed by atoms with van der Waals surface area (Å²) in [4.78, 5) is 22.9. The normalized spacial score (nSPS) is 10.4. The number of thiophene rings is 1. The number of carbonyl (C=O) groups excluding carboxylic acids is 2. The Morgan fingerprint density at radius 2 is 2.00 bits per heavy atom. The van der Waals surface area contributed by atoms with Crippen LogP contribution in [0.4, 0.5) is 4.39 Å². The van der Waals surface area contributed by atoms with Crippen molar-refractivity contribution in [2.45, 2.75) is 6.92 Å². The van der Waals surface area contributed by atoms with Crippen LogP contribution >= 0.6 is 11.3 Å². The van der Waals surface area contributed by atoms with E-state index in [9.17, 15) is 14.0 Å². The standard InChI is InChI=1S/C13H13FN2O2S/c1-8(17)15-5-6-16-13(18)12-7-9-10(14)3-2-4-11(9)19-12/h2-4,7H,5-6H2,1H3,(H,15,17)(H,16,18). The minimum absolute atomic E-state index is 0.141. The Balaban J connectivity index is 2.01. The zero-order chi connectivity index (χ0) is 13.8. The summed E-state index contributed by atoms with van der Waals surface area (Å²) >= 11 is 1.24. The van der Waals surface area contributed by atoms with Gasteiger partial charge in [-0.3, -0.25) is 9.59 Å². The third kappa shape index (κ3) is 3.29.